The second-order valence-corrected chi connectivity index (χ2v) is 6.36. The first-order valence-electron chi connectivity index (χ1n) is 8.60. The standard InChI is InChI=1S/C19H25N3O2/c1-21-12-10-20-18(21)14-22(19(23)17-9-13-24-15-17)11-5-8-16-6-3-2-4-7-16/h2-4,6-7,10,12,17H,5,8-9,11,13-15H2,1H3/t17-/m0/s1. The summed E-state index contributed by atoms with van der Waals surface area (Å²) >= 11 is 0. The number of hydrogen-bond donors (Lipinski definition) is 0. The Morgan fingerprint density at radius 3 is 2.88 bits per heavy atom. The van der Waals surface area contributed by atoms with Gasteiger partial charge in [0.2, 0.25) is 5.91 Å². The second kappa shape index (κ2) is 8.11. The van der Waals surface area contributed by atoms with Crippen LogP contribution in [0, 0.1) is 5.92 Å². The molecular formula is C19H25N3O2. The van der Waals surface area contributed by atoms with Crippen molar-refractivity contribution in [3.63, 3.8) is 0 Å². The summed E-state index contributed by atoms with van der Waals surface area (Å²) < 4.78 is 7.37. The second-order valence-electron chi connectivity index (χ2n) is 6.36. The summed E-state index contributed by atoms with van der Waals surface area (Å²) in [6.07, 6.45) is 6.45. The minimum atomic E-state index is 0.00185. The fourth-order valence-corrected chi connectivity index (χ4v) is 3.09. The van der Waals surface area contributed by atoms with Gasteiger partial charge >= 0.3 is 0 Å². The van der Waals surface area contributed by atoms with Crippen LogP contribution in [0.1, 0.15) is 24.2 Å². The van der Waals surface area contributed by atoms with Crippen molar-refractivity contribution >= 4 is 5.91 Å². The van der Waals surface area contributed by atoms with E-state index < -0.39 is 0 Å². The Labute approximate surface area is 143 Å². The summed E-state index contributed by atoms with van der Waals surface area (Å²) in [4.78, 5) is 19.2. The lowest BCUT2D eigenvalue weighted by atomic mass is 10.1. The molecule has 1 atom stereocenters. The van der Waals surface area contributed by atoms with Gasteiger partial charge in [-0.05, 0) is 24.8 Å². The topological polar surface area (TPSA) is 47.4 Å². The number of ether oxygens (including phenoxy) is 1. The molecule has 0 saturated carbocycles. The SMILES string of the molecule is Cn1ccnc1CN(CCCc1ccccc1)C(=O)[C@H]1CCOC1. The predicted molar refractivity (Wildman–Crippen MR) is 92.3 cm³/mol. The molecule has 5 heteroatoms. The Hall–Kier alpha value is -2.14. The monoisotopic (exact) mass is 327 g/mol. The van der Waals surface area contributed by atoms with Crippen molar-refractivity contribution < 1.29 is 9.53 Å². The zero-order chi connectivity index (χ0) is 16.8. The zero-order valence-corrected chi connectivity index (χ0v) is 14.2. The van der Waals surface area contributed by atoms with Crippen LogP contribution in [0.4, 0.5) is 0 Å². The van der Waals surface area contributed by atoms with Gasteiger partial charge < -0.3 is 14.2 Å². The van der Waals surface area contributed by atoms with Crippen LogP contribution in [0.15, 0.2) is 42.7 Å². The molecule has 1 amide bonds. The van der Waals surface area contributed by atoms with E-state index in [0.29, 0.717) is 19.8 Å². The van der Waals surface area contributed by atoms with Crippen LogP contribution in [0.3, 0.4) is 0 Å². The number of carbonyl (C=O) groups is 1. The third kappa shape index (κ3) is 4.23. The molecule has 1 fully saturated rings. The average molecular weight is 327 g/mol. The molecule has 0 radical (unpaired) electrons. The van der Waals surface area contributed by atoms with Crippen LogP contribution in [0.2, 0.25) is 0 Å². The van der Waals surface area contributed by atoms with Gasteiger partial charge in [0.05, 0.1) is 19.1 Å². The molecular weight excluding hydrogens is 302 g/mol. The lowest BCUT2D eigenvalue weighted by Crippen LogP contribution is -2.37. The molecule has 1 aromatic heterocycles. The van der Waals surface area contributed by atoms with E-state index in [1.165, 1.54) is 5.56 Å². The van der Waals surface area contributed by atoms with Crippen molar-refractivity contribution in [2.75, 3.05) is 19.8 Å². The number of aryl methyl sites for hydroxylation is 2. The average Bonchev–Trinajstić information content (AvgIpc) is 3.27. The summed E-state index contributed by atoms with van der Waals surface area (Å²) in [7, 11) is 1.97. The number of benzene rings is 1. The summed E-state index contributed by atoms with van der Waals surface area (Å²) in [5, 5.41) is 0. The van der Waals surface area contributed by atoms with Crippen molar-refractivity contribution in [2.45, 2.75) is 25.8 Å². The molecule has 0 unspecified atom stereocenters. The summed E-state index contributed by atoms with van der Waals surface area (Å²) in [6.45, 7) is 2.55. The molecule has 0 N–H and O–H groups in total. The number of imidazole rings is 1. The van der Waals surface area contributed by atoms with Crippen LogP contribution >= 0.6 is 0 Å². The van der Waals surface area contributed by atoms with Crippen molar-refractivity contribution in [1.29, 1.82) is 0 Å². The molecule has 0 spiro atoms. The van der Waals surface area contributed by atoms with Gasteiger partial charge in [0.15, 0.2) is 0 Å². The highest BCUT2D eigenvalue weighted by molar-refractivity contribution is 5.79. The molecule has 2 aromatic rings. The lowest BCUT2D eigenvalue weighted by Gasteiger charge is -2.25. The number of nitrogens with zero attached hydrogens (tertiary/aromatic N) is 3. The summed E-state index contributed by atoms with van der Waals surface area (Å²) in [5.74, 6) is 1.12. The first-order chi connectivity index (χ1) is 11.7. The zero-order valence-electron chi connectivity index (χ0n) is 14.2. The minimum Gasteiger partial charge on any atom is -0.381 e. The molecule has 5 nitrogen and oxygen atoms in total. The van der Waals surface area contributed by atoms with E-state index in [1.54, 1.807) is 6.20 Å². The molecule has 1 saturated heterocycles. The predicted octanol–water partition coefficient (Wildman–Crippen LogP) is 2.42. The third-order valence-electron chi connectivity index (χ3n) is 4.58. The normalized spacial score (nSPS) is 17.1. The molecule has 0 aliphatic carbocycles. The molecule has 2 heterocycles. The number of aromatic nitrogens is 2. The van der Waals surface area contributed by atoms with E-state index in [-0.39, 0.29) is 11.8 Å². The maximum atomic E-state index is 12.8. The smallest absolute Gasteiger partial charge is 0.228 e. The Balaban J connectivity index is 1.62. The maximum Gasteiger partial charge on any atom is 0.228 e. The van der Waals surface area contributed by atoms with Gasteiger partial charge in [0, 0.05) is 32.6 Å². The van der Waals surface area contributed by atoms with Gasteiger partial charge in [-0.3, -0.25) is 4.79 Å². The van der Waals surface area contributed by atoms with Gasteiger partial charge in [-0.25, -0.2) is 4.98 Å². The summed E-state index contributed by atoms with van der Waals surface area (Å²) in [6, 6.07) is 10.4. The third-order valence-corrected chi connectivity index (χ3v) is 4.58. The van der Waals surface area contributed by atoms with E-state index in [4.69, 9.17) is 4.74 Å². The fraction of sp³-hybridized carbons (Fsp3) is 0.474. The van der Waals surface area contributed by atoms with Crippen LogP contribution < -0.4 is 0 Å². The van der Waals surface area contributed by atoms with Gasteiger partial charge in [-0.2, -0.15) is 0 Å². The van der Waals surface area contributed by atoms with E-state index >= 15 is 0 Å². The number of carbonyl (C=O) groups excluding carboxylic acids is 1. The Morgan fingerprint density at radius 2 is 2.21 bits per heavy atom. The highest BCUT2D eigenvalue weighted by atomic mass is 16.5. The maximum absolute atomic E-state index is 12.8. The number of hydrogen-bond acceptors (Lipinski definition) is 3. The highest BCUT2D eigenvalue weighted by Crippen LogP contribution is 2.18. The van der Waals surface area contributed by atoms with Crippen molar-refractivity contribution in [1.82, 2.24) is 14.5 Å². The number of rotatable bonds is 7. The van der Waals surface area contributed by atoms with Crippen LogP contribution in [-0.4, -0.2) is 40.1 Å². The van der Waals surface area contributed by atoms with Crippen LogP contribution in [0.25, 0.3) is 0 Å². The van der Waals surface area contributed by atoms with E-state index in [9.17, 15) is 4.79 Å². The van der Waals surface area contributed by atoms with Crippen LogP contribution in [-0.2, 0) is 29.5 Å². The first kappa shape index (κ1) is 16.7. The van der Waals surface area contributed by atoms with Gasteiger partial charge in [-0.1, -0.05) is 30.3 Å². The van der Waals surface area contributed by atoms with Crippen molar-refractivity contribution in [2.24, 2.45) is 13.0 Å². The van der Waals surface area contributed by atoms with Crippen LogP contribution in [0.5, 0.6) is 0 Å². The lowest BCUT2D eigenvalue weighted by molar-refractivity contribution is -0.136. The van der Waals surface area contributed by atoms with E-state index in [2.05, 4.69) is 29.2 Å². The molecule has 128 valence electrons. The molecule has 1 aromatic carbocycles. The molecule has 1 aliphatic heterocycles. The molecule has 3 rings (SSSR count). The van der Waals surface area contributed by atoms with E-state index in [1.807, 2.05) is 28.8 Å². The summed E-state index contributed by atoms with van der Waals surface area (Å²) in [5.41, 5.74) is 1.31. The van der Waals surface area contributed by atoms with Gasteiger partial charge in [-0.15, -0.1) is 0 Å². The largest absolute Gasteiger partial charge is 0.381 e. The van der Waals surface area contributed by atoms with Gasteiger partial charge in [0.1, 0.15) is 5.82 Å². The Kier molecular flexibility index (Phi) is 5.64. The van der Waals surface area contributed by atoms with E-state index in [0.717, 1.165) is 31.6 Å². The number of amides is 1. The fourth-order valence-electron chi connectivity index (χ4n) is 3.09. The quantitative estimate of drug-likeness (QED) is 0.785. The first-order valence-corrected chi connectivity index (χ1v) is 8.60. The van der Waals surface area contributed by atoms with Gasteiger partial charge in [0.25, 0.3) is 0 Å². The Morgan fingerprint density at radius 1 is 1.38 bits per heavy atom. The molecule has 1 aliphatic rings. The highest BCUT2D eigenvalue weighted by Gasteiger charge is 2.28. The van der Waals surface area contributed by atoms with Crippen molar-refractivity contribution in [3.8, 4) is 0 Å². The molecule has 0 bridgehead atoms. The molecule has 24 heavy (non-hydrogen) atoms. The Bertz CT molecular complexity index is 648. The minimum absolute atomic E-state index is 0.00185. The van der Waals surface area contributed by atoms with Crippen molar-refractivity contribution in [3.05, 3.63) is 54.1 Å².